The Morgan fingerprint density at radius 3 is 2.56 bits per heavy atom. The topological polar surface area (TPSA) is 58.6 Å². The Kier molecular flexibility index (Phi) is 7.47. The van der Waals surface area contributed by atoms with Crippen molar-refractivity contribution in [3.05, 3.63) is 47.4 Å². The van der Waals surface area contributed by atoms with Gasteiger partial charge >= 0.3 is 0 Å². The highest BCUT2D eigenvalue weighted by Crippen LogP contribution is 2.16. The molecule has 100 valence electrons. The average molecular weight is 251 g/mol. The Balaban J connectivity index is 0.000000873. The van der Waals surface area contributed by atoms with Gasteiger partial charge in [0.15, 0.2) is 0 Å². The van der Waals surface area contributed by atoms with Crippen LogP contribution in [0.15, 0.2) is 47.4 Å². The lowest BCUT2D eigenvalue weighted by atomic mass is 10.1. The first-order valence-electron chi connectivity index (χ1n) is 5.56. The SMILES string of the molecule is C=C(C)NC(=O)C1=C(O)C=CCC(C)=C1.COC. The van der Waals surface area contributed by atoms with Gasteiger partial charge in [0.05, 0.1) is 5.57 Å². The van der Waals surface area contributed by atoms with E-state index in [-0.39, 0.29) is 17.2 Å². The van der Waals surface area contributed by atoms with Crippen LogP contribution in [-0.2, 0) is 9.53 Å². The monoisotopic (exact) mass is 251 g/mol. The molecular weight excluding hydrogens is 230 g/mol. The molecule has 0 bridgehead atoms. The lowest BCUT2D eigenvalue weighted by molar-refractivity contribution is -0.116. The number of hydrogen-bond acceptors (Lipinski definition) is 3. The number of rotatable bonds is 2. The summed E-state index contributed by atoms with van der Waals surface area (Å²) in [6, 6.07) is 0. The molecule has 0 atom stereocenters. The summed E-state index contributed by atoms with van der Waals surface area (Å²) in [6.45, 7) is 7.19. The summed E-state index contributed by atoms with van der Waals surface area (Å²) >= 11 is 0. The molecule has 0 aromatic rings. The standard InChI is InChI=1S/C12H15NO2.C2H6O/c1-8(2)13-12(15)10-7-9(3)5-4-6-11(10)14;1-3-2/h4,6-7,14H,1,5H2,2-3H3,(H,13,15);1-2H3. The van der Waals surface area contributed by atoms with E-state index in [9.17, 15) is 9.90 Å². The van der Waals surface area contributed by atoms with Gasteiger partial charge in [0.2, 0.25) is 0 Å². The zero-order valence-corrected chi connectivity index (χ0v) is 11.4. The number of aliphatic hydroxyl groups excluding tert-OH is 1. The lowest BCUT2D eigenvalue weighted by Crippen LogP contribution is -2.22. The fourth-order valence-corrected chi connectivity index (χ4v) is 1.27. The zero-order chi connectivity index (χ0) is 14.1. The molecule has 0 radical (unpaired) electrons. The maximum Gasteiger partial charge on any atom is 0.259 e. The van der Waals surface area contributed by atoms with Crippen molar-refractivity contribution in [3.8, 4) is 0 Å². The number of amides is 1. The third kappa shape index (κ3) is 6.06. The Bertz CT molecular complexity index is 403. The van der Waals surface area contributed by atoms with Gasteiger partial charge in [0.1, 0.15) is 5.76 Å². The number of nitrogens with one attached hydrogen (secondary N) is 1. The smallest absolute Gasteiger partial charge is 0.259 e. The van der Waals surface area contributed by atoms with Crippen LogP contribution in [0.3, 0.4) is 0 Å². The molecule has 0 saturated heterocycles. The molecule has 2 N–H and O–H groups in total. The predicted molar refractivity (Wildman–Crippen MR) is 73.1 cm³/mol. The minimum absolute atomic E-state index is 0.00870. The van der Waals surface area contributed by atoms with Gasteiger partial charge in [-0.3, -0.25) is 4.79 Å². The molecule has 0 saturated carbocycles. The summed E-state index contributed by atoms with van der Waals surface area (Å²) in [4.78, 5) is 11.6. The lowest BCUT2D eigenvalue weighted by Gasteiger charge is -2.05. The second-order valence-corrected chi connectivity index (χ2v) is 4.04. The normalized spacial score (nSPS) is 14.1. The number of allylic oxidation sites excluding steroid dienone is 4. The van der Waals surface area contributed by atoms with Gasteiger partial charge in [-0.2, -0.15) is 0 Å². The van der Waals surface area contributed by atoms with Crippen molar-refractivity contribution in [1.82, 2.24) is 5.32 Å². The van der Waals surface area contributed by atoms with Gasteiger partial charge in [-0.15, -0.1) is 0 Å². The minimum Gasteiger partial charge on any atom is -0.507 e. The quantitative estimate of drug-likeness (QED) is 0.793. The molecule has 1 aliphatic rings. The molecule has 0 aromatic heterocycles. The summed E-state index contributed by atoms with van der Waals surface area (Å²) in [5.74, 6) is -0.337. The van der Waals surface area contributed by atoms with E-state index in [1.165, 1.54) is 0 Å². The predicted octanol–water partition coefficient (Wildman–Crippen LogP) is 2.62. The van der Waals surface area contributed by atoms with Crippen LogP contribution in [0, 0.1) is 0 Å². The number of methoxy groups -OCH3 is 1. The van der Waals surface area contributed by atoms with Crippen molar-refractivity contribution < 1.29 is 14.6 Å². The Hall–Kier alpha value is -1.81. The van der Waals surface area contributed by atoms with Crippen LogP contribution in [0.5, 0.6) is 0 Å². The van der Waals surface area contributed by atoms with Gasteiger partial charge in [-0.1, -0.05) is 18.2 Å². The van der Waals surface area contributed by atoms with Crippen molar-refractivity contribution in [3.63, 3.8) is 0 Å². The van der Waals surface area contributed by atoms with Gasteiger partial charge < -0.3 is 15.2 Å². The second-order valence-electron chi connectivity index (χ2n) is 4.04. The maximum absolute atomic E-state index is 11.6. The van der Waals surface area contributed by atoms with Crippen LogP contribution < -0.4 is 5.32 Å². The highest BCUT2D eigenvalue weighted by molar-refractivity contribution is 5.98. The molecule has 1 rings (SSSR count). The largest absolute Gasteiger partial charge is 0.507 e. The van der Waals surface area contributed by atoms with Crippen molar-refractivity contribution >= 4 is 5.91 Å². The van der Waals surface area contributed by atoms with Crippen LogP contribution in [-0.4, -0.2) is 25.2 Å². The van der Waals surface area contributed by atoms with E-state index >= 15 is 0 Å². The van der Waals surface area contributed by atoms with Gasteiger partial charge in [0, 0.05) is 19.9 Å². The van der Waals surface area contributed by atoms with Gasteiger partial charge in [0.25, 0.3) is 5.91 Å². The van der Waals surface area contributed by atoms with E-state index < -0.39 is 0 Å². The highest BCUT2D eigenvalue weighted by atomic mass is 16.4. The van der Waals surface area contributed by atoms with Crippen LogP contribution in [0.4, 0.5) is 0 Å². The van der Waals surface area contributed by atoms with Gasteiger partial charge in [-0.25, -0.2) is 0 Å². The molecule has 4 heteroatoms. The van der Waals surface area contributed by atoms with E-state index in [1.54, 1.807) is 33.3 Å². The van der Waals surface area contributed by atoms with E-state index in [4.69, 9.17) is 0 Å². The van der Waals surface area contributed by atoms with E-state index in [0.717, 1.165) is 12.0 Å². The van der Waals surface area contributed by atoms with Crippen molar-refractivity contribution in [2.45, 2.75) is 20.3 Å². The maximum atomic E-state index is 11.6. The third-order valence-corrected chi connectivity index (χ3v) is 1.95. The van der Waals surface area contributed by atoms with Crippen LogP contribution in [0.2, 0.25) is 0 Å². The molecule has 0 spiro atoms. The Labute approximate surface area is 108 Å². The summed E-state index contributed by atoms with van der Waals surface area (Å²) in [5.41, 5.74) is 1.87. The zero-order valence-electron chi connectivity index (χ0n) is 11.4. The summed E-state index contributed by atoms with van der Waals surface area (Å²) in [5, 5.41) is 12.2. The fourth-order valence-electron chi connectivity index (χ4n) is 1.27. The minimum atomic E-state index is -0.328. The molecule has 0 aromatic carbocycles. The Morgan fingerprint density at radius 1 is 1.50 bits per heavy atom. The fraction of sp³-hybridized carbons (Fsp3) is 0.357. The first kappa shape index (κ1) is 16.2. The second kappa shape index (κ2) is 8.31. The highest BCUT2D eigenvalue weighted by Gasteiger charge is 2.13. The summed E-state index contributed by atoms with van der Waals surface area (Å²) < 4.78 is 4.25. The molecule has 0 heterocycles. The molecular formula is C14H21NO3. The van der Waals surface area contributed by atoms with Crippen LogP contribution >= 0.6 is 0 Å². The van der Waals surface area contributed by atoms with E-state index in [2.05, 4.69) is 16.6 Å². The van der Waals surface area contributed by atoms with Crippen LogP contribution in [0.1, 0.15) is 20.3 Å². The number of carbonyl (C=O) groups excluding carboxylic acids is 1. The third-order valence-electron chi connectivity index (χ3n) is 1.95. The van der Waals surface area contributed by atoms with E-state index in [0.29, 0.717) is 5.70 Å². The molecule has 1 amide bonds. The molecule has 1 aliphatic carbocycles. The van der Waals surface area contributed by atoms with Crippen molar-refractivity contribution in [1.29, 1.82) is 0 Å². The summed E-state index contributed by atoms with van der Waals surface area (Å²) in [6.07, 6.45) is 5.80. The molecule has 0 fully saturated rings. The molecule has 0 unspecified atom stereocenters. The van der Waals surface area contributed by atoms with Crippen molar-refractivity contribution in [2.75, 3.05) is 14.2 Å². The van der Waals surface area contributed by atoms with Crippen LogP contribution in [0.25, 0.3) is 0 Å². The van der Waals surface area contributed by atoms with Crippen molar-refractivity contribution in [2.24, 2.45) is 0 Å². The number of aliphatic hydroxyl groups is 1. The van der Waals surface area contributed by atoms with Gasteiger partial charge in [-0.05, 0) is 32.4 Å². The number of carbonyl (C=O) groups is 1. The number of ether oxygens (including phenoxy) is 1. The molecule has 0 aliphatic heterocycles. The molecule has 4 nitrogen and oxygen atoms in total. The summed E-state index contributed by atoms with van der Waals surface area (Å²) in [7, 11) is 3.25. The van der Waals surface area contributed by atoms with E-state index in [1.807, 2.05) is 13.0 Å². The first-order valence-corrected chi connectivity index (χ1v) is 5.56. The average Bonchev–Trinajstić information content (AvgIpc) is 2.41. The number of hydrogen-bond donors (Lipinski definition) is 2. The molecule has 18 heavy (non-hydrogen) atoms. The Morgan fingerprint density at radius 2 is 2.06 bits per heavy atom. The first-order chi connectivity index (χ1) is 8.42.